The van der Waals surface area contributed by atoms with Crippen molar-refractivity contribution in [2.24, 2.45) is 0 Å². The SMILES string of the molecule is Cc1ccc(S(=O)(=O)CCC(=O)N(C)CC(=O)Nc2ccc(Cl)cc2)cc1. The second-order valence-electron chi connectivity index (χ2n) is 6.19. The Hall–Kier alpha value is -2.38. The predicted molar refractivity (Wildman–Crippen MR) is 106 cm³/mol. The van der Waals surface area contributed by atoms with Crippen molar-refractivity contribution in [3.05, 3.63) is 59.1 Å². The molecule has 1 N–H and O–H groups in total. The molecule has 0 aromatic heterocycles. The van der Waals surface area contributed by atoms with Crippen LogP contribution in [-0.2, 0) is 19.4 Å². The minimum absolute atomic E-state index is 0.175. The van der Waals surface area contributed by atoms with Gasteiger partial charge in [-0.15, -0.1) is 0 Å². The van der Waals surface area contributed by atoms with Crippen LogP contribution in [0.15, 0.2) is 53.4 Å². The number of carbonyl (C=O) groups excluding carboxylic acids is 2. The van der Waals surface area contributed by atoms with Crippen molar-refractivity contribution in [3.8, 4) is 0 Å². The first-order valence-electron chi connectivity index (χ1n) is 8.26. The Morgan fingerprint density at radius 1 is 1.04 bits per heavy atom. The minimum Gasteiger partial charge on any atom is -0.336 e. The zero-order valence-electron chi connectivity index (χ0n) is 15.1. The lowest BCUT2D eigenvalue weighted by Gasteiger charge is -2.17. The van der Waals surface area contributed by atoms with Gasteiger partial charge in [0.05, 0.1) is 17.2 Å². The van der Waals surface area contributed by atoms with E-state index in [1.165, 1.54) is 24.1 Å². The monoisotopic (exact) mass is 408 g/mol. The van der Waals surface area contributed by atoms with Crippen LogP contribution in [0.2, 0.25) is 5.02 Å². The number of benzene rings is 2. The Morgan fingerprint density at radius 2 is 1.63 bits per heavy atom. The van der Waals surface area contributed by atoms with Gasteiger partial charge in [-0.3, -0.25) is 9.59 Å². The van der Waals surface area contributed by atoms with Crippen LogP contribution in [0.25, 0.3) is 0 Å². The third-order valence-corrected chi connectivity index (χ3v) is 5.88. The number of hydrogen-bond acceptors (Lipinski definition) is 4. The molecule has 0 spiro atoms. The first kappa shape index (κ1) is 20.9. The number of amides is 2. The Balaban J connectivity index is 1.86. The summed E-state index contributed by atoms with van der Waals surface area (Å²) in [6.45, 7) is 1.69. The molecular formula is C19H21ClN2O4S. The maximum Gasteiger partial charge on any atom is 0.243 e. The van der Waals surface area contributed by atoms with E-state index in [1.807, 2.05) is 6.92 Å². The number of sulfone groups is 1. The van der Waals surface area contributed by atoms with E-state index in [4.69, 9.17) is 11.6 Å². The van der Waals surface area contributed by atoms with Gasteiger partial charge in [-0.05, 0) is 43.3 Å². The fourth-order valence-corrected chi connectivity index (χ4v) is 3.67. The normalized spacial score (nSPS) is 11.1. The Kier molecular flexibility index (Phi) is 6.98. The Bertz CT molecular complexity index is 910. The van der Waals surface area contributed by atoms with Gasteiger partial charge < -0.3 is 10.2 Å². The van der Waals surface area contributed by atoms with Crippen molar-refractivity contribution in [2.75, 3.05) is 24.7 Å². The second-order valence-corrected chi connectivity index (χ2v) is 8.73. The topological polar surface area (TPSA) is 83.6 Å². The number of nitrogens with one attached hydrogen (secondary N) is 1. The summed E-state index contributed by atoms with van der Waals surface area (Å²) in [6.07, 6.45) is -0.194. The molecule has 8 heteroatoms. The van der Waals surface area contributed by atoms with E-state index in [0.717, 1.165) is 5.56 Å². The molecule has 0 fully saturated rings. The number of aryl methyl sites for hydroxylation is 1. The highest BCUT2D eigenvalue weighted by Crippen LogP contribution is 2.14. The van der Waals surface area contributed by atoms with E-state index in [0.29, 0.717) is 10.7 Å². The lowest BCUT2D eigenvalue weighted by molar-refractivity contribution is -0.132. The molecule has 0 unspecified atom stereocenters. The zero-order valence-corrected chi connectivity index (χ0v) is 16.7. The molecule has 2 aromatic carbocycles. The highest BCUT2D eigenvalue weighted by molar-refractivity contribution is 7.91. The van der Waals surface area contributed by atoms with Gasteiger partial charge >= 0.3 is 0 Å². The maximum absolute atomic E-state index is 12.3. The fraction of sp³-hybridized carbons (Fsp3) is 0.263. The van der Waals surface area contributed by atoms with Crippen LogP contribution >= 0.6 is 11.6 Å². The van der Waals surface area contributed by atoms with E-state index < -0.39 is 15.7 Å². The Morgan fingerprint density at radius 3 is 2.22 bits per heavy atom. The highest BCUT2D eigenvalue weighted by Gasteiger charge is 2.19. The molecule has 0 atom stereocenters. The van der Waals surface area contributed by atoms with Gasteiger partial charge in [0.2, 0.25) is 11.8 Å². The fourth-order valence-electron chi connectivity index (χ4n) is 2.31. The summed E-state index contributed by atoms with van der Waals surface area (Å²) in [4.78, 5) is 25.6. The third kappa shape index (κ3) is 6.37. The Labute approximate surface area is 164 Å². The summed E-state index contributed by atoms with van der Waals surface area (Å²) in [7, 11) is -2.09. The number of rotatable bonds is 7. The van der Waals surface area contributed by atoms with Crippen molar-refractivity contribution >= 4 is 38.9 Å². The van der Waals surface area contributed by atoms with Crippen molar-refractivity contribution in [2.45, 2.75) is 18.2 Å². The number of halogens is 1. The molecule has 0 radical (unpaired) electrons. The van der Waals surface area contributed by atoms with Crippen LogP contribution in [-0.4, -0.2) is 44.5 Å². The standard InChI is InChI=1S/C19H21ClN2O4S/c1-14-3-9-17(10-4-14)27(25,26)12-11-19(24)22(2)13-18(23)21-16-7-5-15(20)6-8-16/h3-10H,11-13H2,1-2H3,(H,21,23). The van der Waals surface area contributed by atoms with Gasteiger partial charge in [0.1, 0.15) is 0 Å². The molecule has 6 nitrogen and oxygen atoms in total. The largest absolute Gasteiger partial charge is 0.336 e. The highest BCUT2D eigenvalue weighted by atomic mass is 35.5. The van der Waals surface area contributed by atoms with Crippen LogP contribution in [0.4, 0.5) is 5.69 Å². The summed E-state index contributed by atoms with van der Waals surface area (Å²) >= 11 is 5.78. The molecule has 27 heavy (non-hydrogen) atoms. The lowest BCUT2D eigenvalue weighted by Crippen LogP contribution is -2.35. The maximum atomic E-state index is 12.3. The van der Waals surface area contributed by atoms with E-state index in [2.05, 4.69) is 5.32 Å². The van der Waals surface area contributed by atoms with Crippen LogP contribution in [0.5, 0.6) is 0 Å². The average Bonchev–Trinajstić information content (AvgIpc) is 2.62. The van der Waals surface area contributed by atoms with Crippen LogP contribution in [0, 0.1) is 6.92 Å². The van der Waals surface area contributed by atoms with E-state index in [1.54, 1.807) is 36.4 Å². The molecule has 0 bridgehead atoms. The van der Waals surface area contributed by atoms with Crippen LogP contribution in [0.1, 0.15) is 12.0 Å². The number of nitrogens with zero attached hydrogens (tertiary/aromatic N) is 1. The van der Waals surface area contributed by atoms with Crippen molar-refractivity contribution in [3.63, 3.8) is 0 Å². The van der Waals surface area contributed by atoms with Gasteiger partial charge in [0.15, 0.2) is 9.84 Å². The molecular weight excluding hydrogens is 388 g/mol. The average molecular weight is 409 g/mol. The van der Waals surface area contributed by atoms with Crippen molar-refractivity contribution in [1.82, 2.24) is 4.90 Å². The summed E-state index contributed by atoms with van der Waals surface area (Å²) in [5, 5.41) is 3.20. The van der Waals surface area contributed by atoms with Gasteiger partial charge in [0, 0.05) is 24.2 Å². The first-order chi connectivity index (χ1) is 12.7. The summed E-state index contributed by atoms with van der Waals surface area (Å²) in [5.41, 5.74) is 1.52. The smallest absolute Gasteiger partial charge is 0.243 e. The molecule has 0 aliphatic rings. The van der Waals surface area contributed by atoms with Crippen LogP contribution < -0.4 is 5.32 Å². The van der Waals surface area contributed by atoms with Crippen molar-refractivity contribution in [1.29, 1.82) is 0 Å². The van der Waals surface area contributed by atoms with Crippen LogP contribution in [0.3, 0.4) is 0 Å². The van der Waals surface area contributed by atoms with Gasteiger partial charge in [0.25, 0.3) is 0 Å². The zero-order chi connectivity index (χ0) is 20.0. The number of likely N-dealkylation sites (N-methyl/N-ethyl adjacent to an activating group) is 1. The molecule has 2 aromatic rings. The van der Waals surface area contributed by atoms with Gasteiger partial charge in [-0.2, -0.15) is 0 Å². The van der Waals surface area contributed by atoms with E-state index in [9.17, 15) is 18.0 Å². The number of anilines is 1. The van der Waals surface area contributed by atoms with Gasteiger partial charge in [-0.1, -0.05) is 29.3 Å². The number of hydrogen-bond donors (Lipinski definition) is 1. The first-order valence-corrected chi connectivity index (χ1v) is 10.3. The third-order valence-electron chi connectivity index (χ3n) is 3.90. The molecule has 0 saturated heterocycles. The summed E-state index contributed by atoms with van der Waals surface area (Å²) in [5.74, 6) is -1.11. The van der Waals surface area contributed by atoms with E-state index >= 15 is 0 Å². The van der Waals surface area contributed by atoms with E-state index in [-0.39, 0.29) is 29.5 Å². The molecule has 0 aliphatic carbocycles. The molecule has 2 rings (SSSR count). The summed E-state index contributed by atoms with van der Waals surface area (Å²) < 4.78 is 24.6. The summed E-state index contributed by atoms with van der Waals surface area (Å²) in [6, 6.07) is 13.1. The van der Waals surface area contributed by atoms with Gasteiger partial charge in [-0.25, -0.2) is 8.42 Å². The molecule has 144 valence electrons. The molecule has 0 heterocycles. The minimum atomic E-state index is -3.55. The number of carbonyl (C=O) groups is 2. The lowest BCUT2D eigenvalue weighted by atomic mass is 10.2. The predicted octanol–water partition coefficient (Wildman–Crippen LogP) is 2.91. The van der Waals surface area contributed by atoms with Crippen molar-refractivity contribution < 1.29 is 18.0 Å². The molecule has 0 aliphatic heterocycles. The second kappa shape index (κ2) is 9.01. The molecule has 2 amide bonds. The quantitative estimate of drug-likeness (QED) is 0.763. The molecule has 0 saturated carbocycles.